The number of fused-ring (bicyclic) bond motifs is 1. The number of aromatic nitrogens is 4. The Kier molecular flexibility index (Phi) is 6.70. The second-order valence-electron chi connectivity index (χ2n) is 9.14. The number of nitrogens with two attached hydrogens (primary N) is 1. The van der Waals surface area contributed by atoms with Crippen molar-refractivity contribution in [3.8, 4) is 11.8 Å². The molecule has 2 N–H and O–H groups in total. The van der Waals surface area contributed by atoms with Crippen molar-refractivity contribution in [1.29, 1.82) is 5.26 Å². The van der Waals surface area contributed by atoms with Crippen molar-refractivity contribution in [3.63, 3.8) is 0 Å². The van der Waals surface area contributed by atoms with Crippen LogP contribution in [0.1, 0.15) is 34.3 Å². The first-order valence-corrected chi connectivity index (χ1v) is 12.1. The summed E-state index contributed by atoms with van der Waals surface area (Å²) in [7, 11) is 1.53. The molecule has 0 radical (unpaired) electrons. The molecule has 37 heavy (non-hydrogen) atoms. The van der Waals surface area contributed by atoms with Crippen LogP contribution in [-0.4, -0.2) is 51.1 Å². The number of hydrogen-bond donors (Lipinski definition) is 1. The number of nitriles is 1. The summed E-state index contributed by atoms with van der Waals surface area (Å²) in [5.74, 6) is 0.924. The summed E-state index contributed by atoms with van der Waals surface area (Å²) >= 11 is 0. The number of methoxy groups -OCH3 is 1. The van der Waals surface area contributed by atoms with Crippen LogP contribution in [-0.2, 0) is 13.1 Å². The number of carbonyl (C=O) groups is 1. The number of hydrogen-bond acceptors (Lipinski definition) is 8. The van der Waals surface area contributed by atoms with Gasteiger partial charge in [0.2, 0.25) is 0 Å². The highest BCUT2D eigenvalue weighted by Crippen LogP contribution is 2.32. The Morgan fingerprint density at radius 3 is 2.89 bits per heavy atom. The van der Waals surface area contributed by atoms with Gasteiger partial charge in [0, 0.05) is 37.1 Å². The number of Topliss-reactive ketones (excluding diaryl/α,β-unsaturated/α-hetero) is 1. The van der Waals surface area contributed by atoms with Gasteiger partial charge in [0.25, 0.3) is 5.56 Å². The molecule has 10 heteroatoms. The van der Waals surface area contributed by atoms with Crippen LogP contribution in [0.25, 0.3) is 11.0 Å². The number of anilines is 1. The summed E-state index contributed by atoms with van der Waals surface area (Å²) in [6.07, 6.45) is 6.53. The topological polar surface area (TPSA) is 132 Å². The van der Waals surface area contributed by atoms with Crippen molar-refractivity contribution in [2.75, 3.05) is 25.1 Å². The molecule has 4 aromatic rings. The van der Waals surface area contributed by atoms with E-state index in [0.717, 1.165) is 18.4 Å². The van der Waals surface area contributed by atoms with E-state index in [1.165, 1.54) is 18.0 Å². The highest BCUT2D eigenvalue weighted by molar-refractivity contribution is 5.96. The highest BCUT2D eigenvalue weighted by atomic mass is 16.5. The van der Waals surface area contributed by atoms with E-state index < -0.39 is 5.56 Å². The molecule has 1 aliphatic heterocycles. The Balaban J connectivity index is 1.64. The second-order valence-corrected chi connectivity index (χ2v) is 9.14. The molecule has 0 unspecified atom stereocenters. The van der Waals surface area contributed by atoms with Crippen LogP contribution in [0.3, 0.4) is 0 Å². The fourth-order valence-corrected chi connectivity index (χ4v) is 4.87. The quantitative estimate of drug-likeness (QED) is 0.385. The van der Waals surface area contributed by atoms with E-state index in [0.29, 0.717) is 47.8 Å². The van der Waals surface area contributed by atoms with Gasteiger partial charge in [-0.25, -0.2) is 4.98 Å². The first kappa shape index (κ1) is 24.2. The van der Waals surface area contributed by atoms with Gasteiger partial charge in [-0.05, 0) is 36.6 Å². The Morgan fingerprint density at radius 1 is 1.30 bits per heavy atom. The lowest BCUT2D eigenvalue weighted by atomic mass is 10.1. The predicted octanol–water partition coefficient (Wildman–Crippen LogP) is 2.33. The lowest BCUT2D eigenvalue weighted by molar-refractivity contribution is 0.0970. The maximum Gasteiger partial charge on any atom is 0.278 e. The summed E-state index contributed by atoms with van der Waals surface area (Å²) in [6, 6.07) is 12.8. The Labute approximate surface area is 213 Å². The van der Waals surface area contributed by atoms with Gasteiger partial charge in [-0.1, -0.05) is 18.2 Å². The van der Waals surface area contributed by atoms with E-state index in [1.807, 2.05) is 16.7 Å². The van der Waals surface area contributed by atoms with Crippen molar-refractivity contribution in [3.05, 3.63) is 82.2 Å². The zero-order chi connectivity index (χ0) is 25.9. The number of piperidine rings is 1. The van der Waals surface area contributed by atoms with Gasteiger partial charge in [0.15, 0.2) is 5.78 Å². The van der Waals surface area contributed by atoms with Crippen molar-refractivity contribution in [1.82, 2.24) is 19.1 Å². The number of pyridine rings is 1. The molecule has 0 amide bonds. The molecule has 4 heterocycles. The van der Waals surface area contributed by atoms with Gasteiger partial charge in [0.05, 0.1) is 26.5 Å². The molecule has 0 saturated carbocycles. The lowest BCUT2D eigenvalue weighted by Gasteiger charge is -2.33. The number of ketones is 1. The number of rotatable bonds is 7. The Hall–Kier alpha value is -4.49. The van der Waals surface area contributed by atoms with E-state index in [2.05, 4.69) is 20.9 Å². The second kappa shape index (κ2) is 10.2. The zero-order valence-electron chi connectivity index (χ0n) is 20.5. The standard InChI is InChI=1S/C27H27N7O3/c1-37-21-8-2-6-19(11-21)23(35)16-33-17-31-24-22(12-28)26(32-10-4-7-20(29)15-32)34(25(24)27(33)36)14-18-5-3-9-30-13-18/h2-3,5-6,8-9,11,13,17,20H,4,7,10,14-16,29H2,1H3/t20-/m0/s1. The van der Waals surface area contributed by atoms with Crippen LogP contribution in [0, 0.1) is 11.3 Å². The minimum atomic E-state index is -0.394. The van der Waals surface area contributed by atoms with Crippen molar-refractivity contribution in [2.24, 2.45) is 5.73 Å². The SMILES string of the molecule is COc1cccc(C(=O)Cn2cnc3c(C#N)c(N4CCC[C@H](N)C4)n(Cc4cccnc4)c3c2=O)c1. The van der Waals surface area contributed by atoms with Gasteiger partial charge in [-0.15, -0.1) is 0 Å². The largest absolute Gasteiger partial charge is 0.497 e. The minimum absolute atomic E-state index is 0.0322. The van der Waals surface area contributed by atoms with E-state index in [1.54, 1.807) is 36.7 Å². The maximum absolute atomic E-state index is 13.8. The van der Waals surface area contributed by atoms with Crippen molar-refractivity contribution >= 4 is 22.6 Å². The summed E-state index contributed by atoms with van der Waals surface area (Å²) in [5.41, 5.74) is 8.09. The van der Waals surface area contributed by atoms with Crippen molar-refractivity contribution < 1.29 is 9.53 Å². The van der Waals surface area contributed by atoms with Gasteiger partial charge in [-0.3, -0.25) is 19.1 Å². The Morgan fingerprint density at radius 2 is 2.16 bits per heavy atom. The predicted molar refractivity (Wildman–Crippen MR) is 139 cm³/mol. The molecule has 0 aliphatic carbocycles. The molecule has 10 nitrogen and oxygen atoms in total. The van der Waals surface area contributed by atoms with E-state index in [9.17, 15) is 14.9 Å². The number of ether oxygens (including phenoxy) is 1. The average Bonchev–Trinajstić information content (AvgIpc) is 3.24. The fraction of sp³-hybridized carbons (Fsp3) is 0.296. The van der Waals surface area contributed by atoms with Crippen LogP contribution >= 0.6 is 0 Å². The first-order chi connectivity index (χ1) is 18.0. The van der Waals surface area contributed by atoms with E-state index in [-0.39, 0.29) is 23.9 Å². The van der Waals surface area contributed by atoms with Crippen LogP contribution in [0.2, 0.25) is 0 Å². The molecule has 1 aromatic carbocycles. The van der Waals surface area contributed by atoms with Gasteiger partial charge < -0.3 is 19.9 Å². The molecular weight excluding hydrogens is 470 g/mol. The van der Waals surface area contributed by atoms with E-state index >= 15 is 0 Å². The normalized spacial score (nSPS) is 15.5. The number of nitrogens with zero attached hydrogens (tertiary/aromatic N) is 6. The molecular formula is C27H27N7O3. The third kappa shape index (κ3) is 4.69. The Bertz CT molecular complexity index is 1550. The average molecular weight is 498 g/mol. The summed E-state index contributed by atoms with van der Waals surface area (Å²) in [6.45, 7) is 1.41. The van der Waals surface area contributed by atoms with Gasteiger partial charge in [-0.2, -0.15) is 5.26 Å². The molecule has 1 saturated heterocycles. The molecule has 188 valence electrons. The van der Waals surface area contributed by atoms with Crippen LogP contribution < -0.4 is 20.9 Å². The zero-order valence-corrected chi connectivity index (χ0v) is 20.5. The number of benzene rings is 1. The molecule has 1 fully saturated rings. The summed E-state index contributed by atoms with van der Waals surface area (Å²) in [5, 5.41) is 10.1. The molecule has 3 aromatic heterocycles. The molecule has 0 spiro atoms. The molecule has 5 rings (SSSR count). The lowest BCUT2D eigenvalue weighted by Crippen LogP contribution is -2.44. The summed E-state index contributed by atoms with van der Waals surface area (Å²) < 4.78 is 8.33. The van der Waals surface area contributed by atoms with Gasteiger partial charge in [0.1, 0.15) is 34.2 Å². The fourth-order valence-electron chi connectivity index (χ4n) is 4.87. The third-order valence-corrected chi connectivity index (χ3v) is 6.64. The third-order valence-electron chi connectivity index (χ3n) is 6.64. The minimum Gasteiger partial charge on any atom is -0.497 e. The van der Waals surface area contributed by atoms with Crippen LogP contribution in [0.15, 0.2) is 59.9 Å². The van der Waals surface area contributed by atoms with Crippen LogP contribution in [0.4, 0.5) is 5.82 Å². The van der Waals surface area contributed by atoms with Crippen molar-refractivity contribution in [2.45, 2.75) is 32.0 Å². The highest BCUT2D eigenvalue weighted by Gasteiger charge is 2.29. The monoisotopic (exact) mass is 497 g/mol. The molecule has 1 aliphatic rings. The maximum atomic E-state index is 13.8. The molecule has 0 bridgehead atoms. The first-order valence-electron chi connectivity index (χ1n) is 12.1. The summed E-state index contributed by atoms with van der Waals surface area (Å²) in [4.78, 5) is 37.6. The smallest absolute Gasteiger partial charge is 0.278 e. The van der Waals surface area contributed by atoms with Gasteiger partial charge >= 0.3 is 0 Å². The number of carbonyl (C=O) groups excluding carboxylic acids is 1. The van der Waals surface area contributed by atoms with Crippen LogP contribution in [0.5, 0.6) is 5.75 Å². The van der Waals surface area contributed by atoms with E-state index in [4.69, 9.17) is 10.5 Å². The molecule has 1 atom stereocenters.